The summed E-state index contributed by atoms with van der Waals surface area (Å²) in [6.07, 6.45) is 3.44. The van der Waals surface area contributed by atoms with Crippen LogP contribution in [-0.4, -0.2) is 28.0 Å². The Bertz CT molecular complexity index is 1300. The average Bonchev–Trinajstić information content (AvgIpc) is 3.19. The Labute approximate surface area is 200 Å². The minimum Gasteiger partial charge on any atom is -0.375 e. The summed E-state index contributed by atoms with van der Waals surface area (Å²) < 4.78 is 8.65. The lowest BCUT2D eigenvalue weighted by molar-refractivity contribution is -0.142. The maximum absolute atomic E-state index is 13.2. The van der Waals surface area contributed by atoms with Crippen LogP contribution in [0.25, 0.3) is 10.9 Å². The van der Waals surface area contributed by atoms with Gasteiger partial charge in [0.1, 0.15) is 0 Å². The Hall–Kier alpha value is -3.37. The number of hydrogen-bond acceptors (Lipinski definition) is 2. The van der Waals surface area contributed by atoms with Crippen LogP contribution < -0.4 is 0 Å². The summed E-state index contributed by atoms with van der Waals surface area (Å²) in [4.78, 5) is 15.4. The van der Waals surface area contributed by atoms with Gasteiger partial charge >= 0.3 is 0 Å². The monoisotopic (exact) mass is 450 g/mol. The number of rotatable bonds is 6. The Balaban J connectivity index is 1.38. The van der Waals surface area contributed by atoms with E-state index in [0.717, 1.165) is 25.8 Å². The lowest BCUT2D eigenvalue weighted by Gasteiger charge is -2.45. The minimum absolute atomic E-state index is 0.0741. The van der Waals surface area contributed by atoms with Gasteiger partial charge in [-0.2, -0.15) is 0 Å². The summed E-state index contributed by atoms with van der Waals surface area (Å²) in [5, 5.41) is 1.32. The van der Waals surface area contributed by atoms with Gasteiger partial charge in [0.15, 0.2) is 0 Å². The van der Waals surface area contributed by atoms with Crippen molar-refractivity contribution < 1.29 is 9.53 Å². The summed E-state index contributed by atoms with van der Waals surface area (Å²) in [6, 6.07) is 29.8. The van der Waals surface area contributed by atoms with Gasteiger partial charge in [-0.25, -0.2) is 0 Å². The van der Waals surface area contributed by atoms with Gasteiger partial charge in [0, 0.05) is 29.6 Å². The van der Waals surface area contributed by atoms with E-state index in [0.29, 0.717) is 19.6 Å². The van der Waals surface area contributed by atoms with Crippen LogP contribution >= 0.6 is 0 Å². The molecule has 6 rings (SSSR count). The predicted molar refractivity (Wildman–Crippen MR) is 135 cm³/mol. The van der Waals surface area contributed by atoms with Gasteiger partial charge in [0.25, 0.3) is 0 Å². The number of piperidine rings is 1. The van der Waals surface area contributed by atoms with Crippen molar-refractivity contribution in [2.45, 2.75) is 50.9 Å². The molecule has 172 valence electrons. The normalized spacial score (nSPS) is 19.8. The Morgan fingerprint density at radius 2 is 1.56 bits per heavy atom. The summed E-state index contributed by atoms with van der Waals surface area (Å²) in [6.45, 7) is 1.96. The molecule has 0 N–H and O–H groups in total. The molecule has 4 aromatic rings. The lowest BCUT2D eigenvalue weighted by atomic mass is 9.86. The second-order valence-electron chi connectivity index (χ2n) is 9.52. The Kier molecular flexibility index (Phi) is 5.68. The third-order valence-corrected chi connectivity index (χ3v) is 7.37. The number of fused-ring (bicyclic) bond motifs is 5. The molecule has 0 bridgehead atoms. The highest BCUT2D eigenvalue weighted by Crippen LogP contribution is 2.44. The van der Waals surface area contributed by atoms with Crippen molar-refractivity contribution in [1.29, 1.82) is 0 Å². The average molecular weight is 451 g/mol. The molecule has 1 aromatic heterocycles. The standard InChI is InChI=1S/C30H30N2O2/c33-29-17-9-16-28-30-26(18-24(32(28)29)21-34-20-23-12-5-2-6-13-23)25-14-7-8-15-27(25)31(30)19-22-10-3-1-4-11-22/h1-8,10-15,24,28H,9,16-21H2/t24-,28+/m1/s1. The number of nitrogens with zero attached hydrogens (tertiary/aromatic N) is 2. The third kappa shape index (κ3) is 3.82. The molecule has 0 unspecified atom stereocenters. The molecule has 3 aromatic carbocycles. The second kappa shape index (κ2) is 9.11. The molecule has 3 heterocycles. The van der Waals surface area contributed by atoms with Gasteiger partial charge in [-0.1, -0.05) is 78.9 Å². The summed E-state index contributed by atoms with van der Waals surface area (Å²) in [7, 11) is 0. The molecule has 2 aliphatic heterocycles. The van der Waals surface area contributed by atoms with E-state index in [2.05, 4.69) is 76.2 Å². The summed E-state index contributed by atoms with van der Waals surface area (Å²) >= 11 is 0. The highest BCUT2D eigenvalue weighted by molar-refractivity contribution is 5.87. The van der Waals surface area contributed by atoms with E-state index in [1.165, 1.54) is 33.3 Å². The molecular formula is C30H30N2O2. The topological polar surface area (TPSA) is 34.5 Å². The van der Waals surface area contributed by atoms with E-state index in [4.69, 9.17) is 4.74 Å². The van der Waals surface area contributed by atoms with Crippen molar-refractivity contribution >= 4 is 16.8 Å². The van der Waals surface area contributed by atoms with Crippen LogP contribution in [0, 0.1) is 0 Å². The third-order valence-electron chi connectivity index (χ3n) is 7.37. The maximum atomic E-state index is 13.2. The van der Waals surface area contributed by atoms with Crippen molar-refractivity contribution in [3.05, 3.63) is 107 Å². The summed E-state index contributed by atoms with van der Waals surface area (Å²) in [5.41, 5.74) is 6.45. The number of carbonyl (C=O) groups is 1. The van der Waals surface area contributed by atoms with E-state index in [-0.39, 0.29) is 18.0 Å². The quantitative estimate of drug-likeness (QED) is 0.367. The van der Waals surface area contributed by atoms with Crippen LogP contribution in [0.5, 0.6) is 0 Å². The van der Waals surface area contributed by atoms with Gasteiger partial charge in [-0.05, 0) is 42.0 Å². The minimum atomic E-state index is 0.0741. The van der Waals surface area contributed by atoms with Crippen LogP contribution in [0.2, 0.25) is 0 Å². The van der Waals surface area contributed by atoms with Crippen LogP contribution in [-0.2, 0) is 29.1 Å². The van der Waals surface area contributed by atoms with Crippen molar-refractivity contribution in [1.82, 2.24) is 9.47 Å². The van der Waals surface area contributed by atoms with E-state index in [9.17, 15) is 4.79 Å². The van der Waals surface area contributed by atoms with Crippen LogP contribution in [0.1, 0.15) is 47.7 Å². The van der Waals surface area contributed by atoms with E-state index in [1.54, 1.807) is 0 Å². The summed E-state index contributed by atoms with van der Waals surface area (Å²) in [5.74, 6) is 0.270. The highest BCUT2D eigenvalue weighted by atomic mass is 16.5. The van der Waals surface area contributed by atoms with Gasteiger partial charge in [-0.15, -0.1) is 0 Å². The largest absolute Gasteiger partial charge is 0.375 e. The molecular weight excluding hydrogens is 420 g/mol. The van der Waals surface area contributed by atoms with Gasteiger partial charge in [0.05, 0.1) is 25.3 Å². The van der Waals surface area contributed by atoms with Crippen molar-refractivity contribution in [3.8, 4) is 0 Å². The highest BCUT2D eigenvalue weighted by Gasteiger charge is 2.42. The van der Waals surface area contributed by atoms with Crippen LogP contribution in [0.15, 0.2) is 84.9 Å². The number of para-hydroxylation sites is 1. The predicted octanol–water partition coefficient (Wildman–Crippen LogP) is 5.88. The van der Waals surface area contributed by atoms with Gasteiger partial charge < -0.3 is 14.2 Å². The smallest absolute Gasteiger partial charge is 0.223 e. The molecule has 0 spiro atoms. The Morgan fingerprint density at radius 3 is 2.35 bits per heavy atom. The maximum Gasteiger partial charge on any atom is 0.223 e. The van der Waals surface area contributed by atoms with Crippen molar-refractivity contribution in [2.24, 2.45) is 0 Å². The van der Waals surface area contributed by atoms with Crippen molar-refractivity contribution in [3.63, 3.8) is 0 Å². The molecule has 1 amide bonds. The van der Waals surface area contributed by atoms with Crippen LogP contribution in [0.4, 0.5) is 0 Å². The molecule has 0 aliphatic carbocycles. The molecule has 1 saturated heterocycles. The molecule has 0 radical (unpaired) electrons. The SMILES string of the molecule is O=C1CCC[C@H]2c3c(c4ccccc4n3Cc3ccccc3)C[C@H](COCc3ccccc3)N12. The van der Waals surface area contributed by atoms with Crippen molar-refractivity contribution in [2.75, 3.05) is 6.61 Å². The number of ether oxygens (including phenoxy) is 1. The molecule has 2 aliphatic rings. The second-order valence-corrected chi connectivity index (χ2v) is 9.52. The molecule has 4 heteroatoms. The fourth-order valence-electron chi connectivity index (χ4n) is 5.90. The fourth-order valence-corrected chi connectivity index (χ4v) is 5.90. The molecule has 1 fully saturated rings. The number of aromatic nitrogens is 1. The molecule has 2 atom stereocenters. The van der Waals surface area contributed by atoms with E-state index < -0.39 is 0 Å². The number of hydrogen-bond donors (Lipinski definition) is 0. The van der Waals surface area contributed by atoms with E-state index in [1.807, 2.05) is 18.2 Å². The first-order chi connectivity index (χ1) is 16.8. The zero-order valence-corrected chi connectivity index (χ0v) is 19.4. The van der Waals surface area contributed by atoms with Gasteiger partial charge in [-0.3, -0.25) is 4.79 Å². The fraction of sp³-hybridized carbons (Fsp3) is 0.300. The number of amides is 1. The first-order valence-corrected chi connectivity index (χ1v) is 12.4. The lowest BCUT2D eigenvalue weighted by Crippen LogP contribution is -2.51. The molecule has 0 saturated carbocycles. The van der Waals surface area contributed by atoms with Crippen LogP contribution in [0.3, 0.4) is 0 Å². The first-order valence-electron chi connectivity index (χ1n) is 12.4. The number of carbonyl (C=O) groups excluding carboxylic acids is 1. The van der Waals surface area contributed by atoms with Gasteiger partial charge in [0.2, 0.25) is 5.91 Å². The molecule has 34 heavy (non-hydrogen) atoms. The van der Waals surface area contributed by atoms with E-state index >= 15 is 0 Å². The number of benzene rings is 3. The Morgan fingerprint density at radius 1 is 0.853 bits per heavy atom. The molecule has 4 nitrogen and oxygen atoms in total. The zero-order valence-electron chi connectivity index (χ0n) is 19.4. The first kappa shape index (κ1) is 21.2. The zero-order chi connectivity index (χ0) is 22.9.